The topological polar surface area (TPSA) is 102 Å². The van der Waals surface area contributed by atoms with Crippen molar-refractivity contribution in [1.82, 2.24) is 9.62 Å². The van der Waals surface area contributed by atoms with Gasteiger partial charge in [-0.1, -0.05) is 0 Å². The molecule has 1 amide bonds. The number of ether oxygens (including phenoxy) is 1. The first-order valence-electron chi connectivity index (χ1n) is 7.52. The smallest absolute Gasteiger partial charge is 0.252 e. The zero-order valence-electron chi connectivity index (χ0n) is 13.8. The van der Waals surface area contributed by atoms with Gasteiger partial charge in [0.25, 0.3) is 5.91 Å². The van der Waals surface area contributed by atoms with Gasteiger partial charge in [-0.2, -0.15) is 4.31 Å². The van der Waals surface area contributed by atoms with Crippen LogP contribution in [-0.2, 0) is 10.0 Å². The standard InChI is InChI=1S/C15H23N3O4S.ClH/c1-17-9-11-4-3-7-18(10-11)23(20,21)12-5-6-14(22-2)13(8-12)15(16)19;/h5-6,8,11,17H,3-4,7,9-10H2,1-2H3,(H2,16,19);1H. The number of carbonyl (C=O) groups is 1. The Morgan fingerprint density at radius 2 is 2.17 bits per heavy atom. The van der Waals surface area contributed by atoms with E-state index in [1.807, 2.05) is 7.05 Å². The van der Waals surface area contributed by atoms with E-state index in [0.29, 0.717) is 13.1 Å². The number of benzene rings is 1. The van der Waals surface area contributed by atoms with Crippen molar-refractivity contribution in [2.75, 3.05) is 33.8 Å². The number of halogens is 1. The summed E-state index contributed by atoms with van der Waals surface area (Å²) in [6.07, 6.45) is 1.83. The minimum atomic E-state index is -3.65. The SMILES string of the molecule is CNCC1CCCN(S(=O)(=O)c2ccc(OC)c(C(N)=O)c2)C1.Cl. The number of hydrogen-bond acceptors (Lipinski definition) is 5. The van der Waals surface area contributed by atoms with Crippen molar-refractivity contribution in [1.29, 1.82) is 0 Å². The molecule has 3 N–H and O–H groups in total. The third kappa shape index (κ3) is 4.38. The molecule has 9 heteroatoms. The molecule has 1 heterocycles. The number of rotatable bonds is 6. The van der Waals surface area contributed by atoms with Crippen LogP contribution < -0.4 is 15.8 Å². The van der Waals surface area contributed by atoms with E-state index in [1.165, 1.54) is 29.6 Å². The van der Waals surface area contributed by atoms with Crippen molar-refractivity contribution in [3.8, 4) is 5.75 Å². The number of carbonyl (C=O) groups excluding carboxylic acids is 1. The van der Waals surface area contributed by atoms with Gasteiger partial charge in [-0.15, -0.1) is 12.4 Å². The van der Waals surface area contributed by atoms with Crippen LogP contribution in [0.3, 0.4) is 0 Å². The zero-order valence-corrected chi connectivity index (χ0v) is 15.5. The average Bonchev–Trinajstić information content (AvgIpc) is 2.54. The summed E-state index contributed by atoms with van der Waals surface area (Å²) in [6.45, 7) is 1.74. The molecule has 1 aliphatic rings. The highest BCUT2D eigenvalue weighted by Gasteiger charge is 2.30. The summed E-state index contributed by atoms with van der Waals surface area (Å²) in [5, 5.41) is 3.09. The van der Waals surface area contributed by atoms with Gasteiger partial charge in [-0.25, -0.2) is 8.42 Å². The van der Waals surface area contributed by atoms with Crippen molar-refractivity contribution in [2.45, 2.75) is 17.7 Å². The van der Waals surface area contributed by atoms with Gasteiger partial charge in [0.05, 0.1) is 17.6 Å². The van der Waals surface area contributed by atoms with Crippen molar-refractivity contribution in [2.24, 2.45) is 11.7 Å². The van der Waals surface area contributed by atoms with Crippen molar-refractivity contribution in [3.63, 3.8) is 0 Å². The Bertz CT molecular complexity index is 679. The highest BCUT2D eigenvalue weighted by Crippen LogP contribution is 2.27. The highest BCUT2D eigenvalue weighted by atomic mass is 35.5. The Labute approximate surface area is 149 Å². The average molecular weight is 378 g/mol. The highest BCUT2D eigenvalue weighted by molar-refractivity contribution is 7.89. The van der Waals surface area contributed by atoms with E-state index in [9.17, 15) is 13.2 Å². The van der Waals surface area contributed by atoms with E-state index in [2.05, 4.69) is 5.32 Å². The first-order chi connectivity index (χ1) is 10.9. The third-order valence-corrected chi connectivity index (χ3v) is 5.91. The van der Waals surface area contributed by atoms with E-state index < -0.39 is 15.9 Å². The molecule has 1 aliphatic heterocycles. The summed E-state index contributed by atoms with van der Waals surface area (Å²) in [6, 6.07) is 4.20. The molecule has 0 radical (unpaired) electrons. The van der Waals surface area contributed by atoms with Crippen LogP contribution in [0.4, 0.5) is 0 Å². The lowest BCUT2D eigenvalue weighted by molar-refractivity contribution is 0.0997. The first-order valence-corrected chi connectivity index (χ1v) is 8.96. The minimum absolute atomic E-state index is 0. The molecule has 0 aliphatic carbocycles. The van der Waals surface area contributed by atoms with Crippen LogP contribution in [0.5, 0.6) is 5.75 Å². The summed E-state index contributed by atoms with van der Waals surface area (Å²) >= 11 is 0. The maximum atomic E-state index is 12.8. The number of nitrogens with one attached hydrogen (secondary N) is 1. The van der Waals surface area contributed by atoms with Crippen molar-refractivity contribution < 1.29 is 17.9 Å². The normalized spacial score (nSPS) is 18.7. The molecular weight excluding hydrogens is 354 g/mol. The fourth-order valence-corrected chi connectivity index (χ4v) is 4.47. The summed E-state index contributed by atoms with van der Waals surface area (Å²) in [5.74, 6) is -0.161. The number of piperidine rings is 1. The van der Waals surface area contributed by atoms with Gasteiger partial charge in [0.1, 0.15) is 5.75 Å². The lowest BCUT2D eigenvalue weighted by Gasteiger charge is -2.32. The van der Waals surface area contributed by atoms with E-state index in [-0.39, 0.29) is 34.5 Å². The number of methoxy groups -OCH3 is 1. The fraction of sp³-hybridized carbons (Fsp3) is 0.533. The largest absolute Gasteiger partial charge is 0.496 e. The molecular formula is C15H24ClN3O4S. The molecule has 2 rings (SSSR count). The summed E-state index contributed by atoms with van der Waals surface area (Å²) in [7, 11) is -0.389. The lowest BCUT2D eigenvalue weighted by atomic mass is 10.00. The zero-order chi connectivity index (χ0) is 17.0. The van der Waals surface area contributed by atoms with Gasteiger partial charge in [0.2, 0.25) is 10.0 Å². The van der Waals surface area contributed by atoms with Gasteiger partial charge >= 0.3 is 0 Å². The van der Waals surface area contributed by atoms with Gasteiger partial charge in [-0.3, -0.25) is 4.79 Å². The van der Waals surface area contributed by atoms with Gasteiger partial charge in [0, 0.05) is 13.1 Å². The van der Waals surface area contributed by atoms with Crippen LogP contribution in [0.15, 0.2) is 23.1 Å². The Balaban J connectivity index is 0.00000288. The summed E-state index contributed by atoms with van der Waals surface area (Å²) < 4.78 is 32.2. The van der Waals surface area contributed by atoms with Gasteiger partial charge < -0.3 is 15.8 Å². The van der Waals surface area contributed by atoms with E-state index in [1.54, 1.807) is 0 Å². The molecule has 1 aromatic carbocycles. The molecule has 7 nitrogen and oxygen atoms in total. The second-order valence-corrected chi connectivity index (χ2v) is 7.59. The van der Waals surface area contributed by atoms with Crippen LogP contribution in [-0.4, -0.2) is 52.4 Å². The van der Waals surface area contributed by atoms with E-state index in [0.717, 1.165) is 19.4 Å². The van der Waals surface area contributed by atoms with Gasteiger partial charge in [-0.05, 0) is 50.6 Å². The van der Waals surface area contributed by atoms with Crippen molar-refractivity contribution >= 4 is 28.3 Å². The second kappa shape index (κ2) is 8.66. The minimum Gasteiger partial charge on any atom is -0.496 e. The quantitative estimate of drug-likeness (QED) is 0.764. The fourth-order valence-electron chi connectivity index (χ4n) is 2.89. The molecule has 0 saturated carbocycles. The predicted octanol–water partition coefficient (Wildman–Crippen LogP) is 0.836. The molecule has 1 aromatic rings. The number of nitrogens with two attached hydrogens (primary N) is 1. The molecule has 24 heavy (non-hydrogen) atoms. The molecule has 0 aromatic heterocycles. The first kappa shape index (κ1) is 20.7. The van der Waals surface area contributed by atoms with E-state index >= 15 is 0 Å². The van der Waals surface area contributed by atoms with Crippen molar-refractivity contribution in [3.05, 3.63) is 23.8 Å². The van der Waals surface area contributed by atoms with Gasteiger partial charge in [0.15, 0.2) is 0 Å². The lowest BCUT2D eigenvalue weighted by Crippen LogP contribution is -2.42. The van der Waals surface area contributed by atoms with E-state index in [4.69, 9.17) is 10.5 Å². The molecule has 1 fully saturated rings. The summed E-state index contributed by atoms with van der Waals surface area (Å²) in [4.78, 5) is 11.6. The molecule has 1 unspecified atom stereocenters. The van der Waals surface area contributed by atoms with Crippen LogP contribution >= 0.6 is 12.4 Å². The number of sulfonamides is 1. The molecule has 1 atom stereocenters. The molecule has 136 valence electrons. The number of hydrogen-bond donors (Lipinski definition) is 2. The Morgan fingerprint density at radius 1 is 1.46 bits per heavy atom. The Kier molecular flexibility index (Phi) is 7.47. The van der Waals surface area contributed by atoms with Crippen LogP contribution in [0.2, 0.25) is 0 Å². The molecule has 0 spiro atoms. The number of nitrogens with zero attached hydrogens (tertiary/aromatic N) is 1. The maximum absolute atomic E-state index is 12.8. The number of primary amides is 1. The number of amides is 1. The summed E-state index contributed by atoms with van der Waals surface area (Å²) in [5.41, 5.74) is 5.37. The Hall–Kier alpha value is -1.35. The van der Waals surface area contributed by atoms with Crippen LogP contribution in [0, 0.1) is 5.92 Å². The maximum Gasteiger partial charge on any atom is 0.252 e. The second-order valence-electron chi connectivity index (χ2n) is 5.66. The molecule has 0 bridgehead atoms. The Morgan fingerprint density at radius 3 is 2.75 bits per heavy atom. The molecule has 1 saturated heterocycles. The third-order valence-electron chi connectivity index (χ3n) is 4.05. The van der Waals surface area contributed by atoms with Crippen LogP contribution in [0.1, 0.15) is 23.2 Å². The monoisotopic (exact) mass is 377 g/mol. The predicted molar refractivity (Wildman–Crippen MR) is 94.2 cm³/mol. The van der Waals surface area contributed by atoms with Crippen LogP contribution in [0.25, 0.3) is 0 Å².